The third-order valence-electron chi connectivity index (χ3n) is 4.03. The summed E-state index contributed by atoms with van der Waals surface area (Å²) >= 11 is 0. The molecule has 1 heterocycles. The first-order valence-electron chi connectivity index (χ1n) is 7.54. The molecule has 23 heavy (non-hydrogen) atoms. The molecule has 1 saturated heterocycles. The van der Waals surface area contributed by atoms with Gasteiger partial charge < -0.3 is 15.8 Å². The summed E-state index contributed by atoms with van der Waals surface area (Å²) in [5.74, 6) is -0.209. The van der Waals surface area contributed by atoms with Gasteiger partial charge in [-0.15, -0.1) is 24.8 Å². The van der Waals surface area contributed by atoms with Crippen LogP contribution in [0.15, 0.2) is 24.3 Å². The highest BCUT2D eigenvalue weighted by atomic mass is 35.5. The van der Waals surface area contributed by atoms with Crippen LogP contribution >= 0.6 is 24.8 Å². The monoisotopic (exact) mass is 363 g/mol. The number of rotatable bonds is 5. The lowest BCUT2D eigenvalue weighted by Crippen LogP contribution is -2.38. The first kappa shape index (κ1) is 22.1. The zero-order chi connectivity index (χ0) is 15.2. The Morgan fingerprint density at radius 2 is 1.96 bits per heavy atom. The number of morpholine rings is 1. The van der Waals surface area contributed by atoms with Crippen LogP contribution in [-0.2, 0) is 9.53 Å². The summed E-state index contributed by atoms with van der Waals surface area (Å²) in [6.45, 7) is 7.84. The van der Waals surface area contributed by atoms with Crippen molar-refractivity contribution in [1.82, 2.24) is 4.90 Å². The van der Waals surface area contributed by atoms with Gasteiger partial charge >= 0.3 is 0 Å². The number of carbonyl (C=O) groups is 1. The lowest BCUT2D eigenvalue weighted by molar-refractivity contribution is -0.119. The van der Waals surface area contributed by atoms with E-state index in [1.54, 1.807) is 0 Å². The van der Waals surface area contributed by atoms with Gasteiger partial charge in [0.15, 0.2) is 0 Å². The second-order valence-electron chi connectivity index (χ2n) is 5.58. The molecule has 0 saturated carbocycles. The van der Waals surface area contributed by atoms with Gasteiger partial charge in [0.05, 0.1) is 13.2 Å². The van der Waals surface area contributed by atoms with Gasteiger partial charge in [-0.25, -0.2) is 0 Å². The van der Waals surface area contributed by atoms with E-state index in [9.17, 15) is 4.79 Å². The van der Waals surface area contributed by atoms with Crippen LogP contribution in [0.1, 0.15) is 25.5 Å². The molecule has 132 valence electrons. The summed E-state index contributed by atoms with van der Waals surface area (Å²) in [5, 5.41) is 2.93. The number of amides is 1. The molecular formula is C16H27Cl2N3O2. The maximum atomic E-state index is 11.9. The van der Waals surface area contributed by atoms with E-state index in [2.05, 4.69) is 23.2 Å². The van der Waals surface area contributed by atoms with Gasteiger partial charge in [0.1, 0.15) is 0 Å². The van der Waals surface area contributed by atoms with E-state index in [0.29, 0.717) is 12.6 Å². The minimum absolute atomic E-state index is 0. The van der Waals surface area contributed by atoms with Gasteiger partial charge in [-0.05, 0) is 24.6 Å². The summed E-state index contributed by atoms with van der Waals surface area (Å²) in [7, 11) is 0. The van der Waals surface area contributed by atoms with E-state index in [1.165, 1.54) is 5.56 Å². The summed E-state index contributed by atoms with van der Waals surface area (Å²) in [6.07, 6.45) is 0. The van der Waals surface area contributed by atoms with E-state index in [1.807, 2.05) is 25.1 Å². The summed E-state index contributed by atoms with van der Waals surface area (Å²) in [6, 6.07) is 8.35. The Bertz CT molecular complexity index is 482. The Kier molecular flexibility index (Phi) is 10.4. The quantitative estimate of drug-likeness (QED) is 0.842. The number of nitrogens with one attached hydrogen (secondary N) is 1. The minimum Gasteiger partial charge on any atom is -0.379 e. The topological polar surface area (TPSA) is 67.6 Å². The van der Waals surface area contributed by atoms with E-state index >= 15 is 0 Å². The highest BCUT2D eigenvalue weighted by molar-refractivity contribution is 5.92. The normalized spacial score (nSPS) is 17.3. The molecule has 2 unspecified atom stereocenters. The van der Waals surface area contributed by atoms with Crippen molar-refractivity contribution in [3.63, 3.8) is 0 Å². The van der Waals surface area contributed by atoms with Crippen LogP contribution in [0.3, 0.4) is 0 Å². The molecule has 1 fully saturated rings. The van der Waals surface area contributed by atoms with Crippen LogP contribution in [0.2, 0.25) is 0 Å². The fourth-order valence-electron chi connectivity index (χ4n) is 2.42. The van der Waals surface area contributed by atoms with Gasteiger partial charge in [-0.2, -0.15) is 0 Å². The Balaban J connectivity index is 0.00000242. The largest absolute Gasteiger partial charge is 0.379 e. The van der Waals surface area contributed by atoms with Crippen LogP contribution in [0, 0.1) is 5.92 Å². The van der Waals surface area contributed by atoms with E-state index in [-0.39, 0.29) is 36.6 Å². The molecule has 1 aromatic carbocycles. The van der Waals surface area contributed by atoms with Crippen LogP contribution in [0.4, 0.5) is 5.69 Å². The maximum absolute atomic E-state index is 11.9. The molecule has 1 aliphatic rings. The molecule has 0 spiro atoms. The zero-order valence-electron chi connectivity index (χ0n) is 13.7. The van der Waals surface area contributed by atoms with Crippen molar-refractivity contribution in [2.24, 2.45) is 11.7 Å². The van der Waals surface area contributed by atoms with Crippen LogP contribution in [0.25, 0.3) is 0 Å². The molecule has 3 N–H and O–H groups in total. The van der Waals surface area contributed by atoms with Crippen molar-refractivity contribution in [2.45, 2.75) is 19.9 Å². The molecule has 0 aliphatic carbocycles. The van der Waals surface area contributed by atoms with Crippen LogP contribution < -0.4 is 11.1 Å². The van der Waals surface area contributed by atoms with Crippen molar-refractivity contribution < 1.29 is 9.53 Å². The zero-order valence-corrected chi connectivity index (χ0v) is 15.3. The fourth-order valence-corrected chi connectivity index (χ4v) is 2.42. The number of halogens is 2. The Hall–Kier alpha value is -0.850. The molecule has 2 atom stereocenters. The predicted octanol–water partition coefficient (Wildman–Crippen LogP) is 2.46. The third-order valence-corrected chi connectivity index (χ3v) is 4.03. The number of benzene rings is 1. The predicted molar refractivity (Wildman–Crippen MR) is 98.6 cm³/mol. The van der Waals surface area contributed by atoms with E-state index in [0.717, 1.165) is 32.0 Å². The number of anilines is 1. The van der Waals surface area contributed by atoms with Gasteiger partial charge in [0.25, 0.3) is 0 Å². The number of nitrogens with two attached hydrogens (primary N) is 1. The second kappa shape index (κ2) is 10.8. The molecular weight excluding hydrogens is 337 g/mol. The fraction of sp³-hybridized carbons (Fsp3) is 0.562. The first-order chi connectivity index (χ1) is 10.1. The number of hydrogen-bond acceptors (Lipinski definition) is 4. The van der Waals surface area contributed by atoms with Crippen molar-refractivity contribution in [1.29, 1.82) is 0 Å². The van der Waals surface area contributed by atoms with Crippen molar-refractivity contribution in [3.05, 3.63) is 29.8 Å². The van der Waals surface area contributed by atoms with Gasteiger partial charge in [-0.3, -0.25) is 9.69 Å². The average Bonchev–Trinajstić information content (AvgIpc) is 2.54. The average molecular weight is 364 g/mol. The molecule has 1 amide bonds. The number of ether oxygens (including phenoxy) is 1. The lowest BCUT2D eigenvalue weighted by atomic mass is 10.1. The van der Waals surface area contributed by atoms with Crippen molar-refractivity contribution in [2.75, 3.05) is 38.2 Å². The highest BCUT2D eigenvalue weighted by Gasteiger charge is 2.19. The number of carbonyl (C=O) groups excluding carboxylic acids is 1. The molecule has 2 rings (SSSR count). The summed E-state index contributed by atoms with van der Waals surface area (Å²) in [4.78, 5) is 14.3. The second-order valence-corrected chi connectivity index (χ2v) is 5.58. The molecule has 0 aromatic heterocycles. The molecule has 1 aromatic rings. The third kappa shape index (κ3) is 6.28. The Morgan fingerprint density at radius 1 is 1.30 bits per heavy atom. The first-order valence-corrected chi connectivity index (χ1v) is 7.54. The maximum Gasteiger partial charge on any atom is 0.228 e. The van der Waals surface area contributed by atoms with Crippen molar-refractivity contribution >= 4 is 36.4 Å². The van der Waals surface area contributed by atoms with Crippen molar-refractivity contribution in [3.8, 4) is 0 Å². The Morgan fingerprint density at radius 3 is 2.57 bits per heavy atom. The smallest absolute Gasteiger partial charge is 0.228 e. The van der Waals surface area contributed by atoms with Gasteiger partial charge in [0, 0.05) is 37.3 Å². The lowest BCUT2D eigenvalue weighted by Gasteiger charge is -2.32. The molecule has 7 heteroatoms. The van der Waals surface area contributed by atoms with E-state index < -0.39 is 0 Å². The van der Waals surface area contributed by atoms with Crippen LogP contribution in [-0.4, -0.2) is 43.7 Å². The summed E-state index contributed by atoms with van der Waals surface area (Å²) < 4.78 is 5.39. The molecule has 0 bridgehead atoms. The minimum atomic E-state index is -0.176. The molecule has 0 radical (unpaired) electrons. The number of hydrogen-bond donors (Lipinski definition) is 2. The summed E-state index contributed by atoms with van der Waals surface area (Å²) in [5.41, 5.74) is 7.56. The molecule has 5 nitrogen and oxygen atoms in total. The standard InChI is InChI=1S/C16H25N3O2.2ClH/c1-12(11-17)16(20)18-15-5-3-4-14(10-15)13(2)19-6-8-21-9-7-19;;/h3-5,10,12-13H,6-9,11,17H2,1-2H3,(H,18,20);2*1H. The van der Waals surface area contributed by atoms with Gasteiger partial charge in [-0.1, -0.05) is 19.1 Å². The number of nitrogens with zero attached hydrogens (tertiary/aromatic N) is 1. The molecule has 1 aliphatic heterocycles. The van der Waals surface area contributed by atoms with E-state index in [4.69, 9.17) is 10.5 Å². The van der Waals surface area contributed by atoms with Crippen LogP contribution in [0.5, 0.6) is 0 Å². The van der Waals surface area contributed by atoms with Gasteiger partial charge in [0.2, 0.25) is 5.91 Å². The Labute approximate surface area is 150 Å². The highest BCUT2D eigenvalue weighted by Crippen LogP contribution is 2.23. The SMILES string of the molecule is CC(CN)C(=O)Nc1cccc(C(C)N2CCOCC2)c1.Cl.Cl.